The molecule has 1 aliphatic heterocycles. The van der Waals surface area contributed by atoms with Gasteiger partial charge in [0.2, 0.25) is 0 Å². The van der Waals surface area contributed by atoms with Crippen molar-refractivity contribution in [1.82, 2.24) is 0 Å². The molecule has 1 aliphatic rings. The molecule has 0 N–H and O–H groups in total. The lowest BCUT2D eigenvalue weighted by molar-refractivity contribution is -0.708. The van der Waals surface area contributed by atoms with Crippen molar-refractivity contribution in [3.8, 4) is 0 Å². The van der Waals surface area contributed by atoms with Crippen molar-refractivity contribution in [2.24, 2.45) is 0 Å². The van der Waals surface area contributed by atoms with Gasteiger partial charge < -0.3 is 4.90 Å². The molecular weight excluding hydrogens is 312 g/mol. The normalized spacial score (nSPS) is 15.2. The van der Waals surface area contributed by atoms with Crippen molar-refractivity contribution < 1.29 is 4.57 Å². The number of aromatic nitrogens is 1. The smallest absolute Gasteiger partial charge is 0.179 e. The molecular formula is C21H27N2S+. The van der Waals surface area contributed by atoms with E-state index >= 15 is 0 Å². The van der Waals surface area contributed by atoms with E-state index in [1.54, 1.807) is 0 Å². The van der Waals surface area contributed by atoms with Gasteiger partial charge in [-0.3, -0.25) is 0 Å². The quantitative estimate of drug-likeness (QED) is 0.680. The second kappa shape index (κ2) is 7.43. The van der Waals surface area contributed by atoms with Crippen LogP contribution in [0.15, 0.2) is 46.3 Å². The molecule has 2 heterocycles. The molecule has 1 aromatic carbocycles. The van der Waals surface area contributed by atoms with Gasteiger partial charge in [-0.2, -0.15) is 0 Å². The molecule has 0 fully saturated rings. The second-order valence-electron chi connectivity index (χ2n) is 6.37. The Balaban J connectivity index is 1.92. The summed E-state index contributed by atoms with van der Waals surface area (Å²) in [6.45, 7) is 11.0. The molecule has 0 spiro atoms. The topological polar surface area (TPSA) is 7.12 Å². The number of anilines is 1. The number of hydrogen-bond acceptors (Lipinski definition) is 2. The number of thioether (sulfide) groups is 1. The van der Waals surface area contributed by atoms with Crippen LogP contribution in [-0.2, 0) is 6.54 Å². The fourth-order valence-electron chi connectivity index (χ4n) is 3.34. The molecule has 0 unspecified atom stereocenters. The van der Waals surface area contributed by atoms with E-state index < -0.39 is 0 Å². The fourth-order valence-corrected chi connectivity index (χ4v) is 4.53. The Morgan fingerprint density at radius 3 is 2.46 bits per heavy atom. The minimum atomic E-state index is 0.997. The average Bonchev–Trinajstić information content (AvgIpc) is 2.91. The molecule has 0 aliphatic carbocycles. The van der Waals surface area contributed by atoms with Gasteiger partial charge in [0, 0.05) is 43.8 Å². The molecule has 3 rings (SSSR count). The first-order chi connectivity index (χ1) is 11.6. The van der Waals surface area contributed by atoms with Gasteiger partial charge in [0.25, 0.3) is 0 Å². The third kappa shape index (κ3) is 3.36. The zero-order valence-corrected chi connectivity index (χ0v) is 16.0. The Labute approximate surface area is 150 Å². The Hall–Kier alpha value is -1.74. The zero-order valence-electron chi connectivity index (χ0n) is 15.2. The summed E-state index contributed by atoms with van der Waals surface area (Å²) in [5.74, 6) is 0. The van der Waals surface area contributed by atoms with Gasteiger partial charge in [0.15, 0.2) is 11.4 Å². The number of benzene rings is 1. The molecule has 0 saturated heterocycles. The maximum absolute atomic E-state index is 2.43. The monoisotopic (exact) mass is 339 g/mol. The summed E-state index contributed by atoms with van der Waals surface area (Å²) in [5, 5.41) is 1.32. The third-order valence-corrected chi connectivity index (χ3v) is 5.69. The van der Waals surface area contributed by atoms with Crippen molar-refractivity contribution in [2.75, 3.05) is 11.4 Å². The molecule has 0 radical (unpaired) electrons. The molecule has 0 amide bonds. The summed E-state index contributed by atoms with van der Waals surface area (Å²) < 4.78 is 2.43. The van der Waals surface area contributed by atoms with E-state index in [2.05, 4.69) is 79.6 Å². The van der Waals surface area contributed by atoms with Crippen LogP contribution in [0.5, 0.6) is 0 Å². The molecule has 0 bridgehead atoms. The largest absolute Gasteiger partial charge is 0.335 e. The lowest BCUT2D eigenvalue weighted by Crippen LogP contribution is -2.40. The van der Waals surface area contributed by atoms with Crippen LogP contribution < -0.4 is 9.47 Å². The Kier molecular flexibility index (Phi) is 5.30. The summed E-state index contributed by atoms with van der Waals surface area (Å²) >= 11 is 1.87. The molecule has 24 heavy (non-hydrogen) atoms. The number of aryl methyl sites for hydroxylation is 2. The van der Waals surface area contributed by atoms with E-state index in [1.165, 1.54) is 45.4 Å². The molecule has 0 saturated carbocycles. The van der Waals surface area contributed by atoms with Gasteiger partial charge in [0.05, 0.1) is 10.7 Å². The lowest BCUT2D eigenvalue weighted by Gasteiger charge is -2.18. The van der Waals surface area contributed by atoms with Crippen LogP contribution in [0.25, 0.3) is 6.08 Å². The van der Waals surface area contributed by atoms with Gasteiger partial charge in [-0.1, -0.05) is 37.2 Å². The first-order valence-electron chi connectivity index (χ1n) is 8.91. The maximum Gasteiger partial charge on any atom is 0.179 e. The highest BCUT2D eigenvalue weighted by atomic mass is 32.2. The van der Waals surface area contributed by atoms with E-state index in [0.29, 0.717) is 0 Å². The maximum atomic E-state index is 2.43. The third-order valence-electron chi connectivity index (χ3n) is 4.58. The molecule has 2 nitrogen and oxygen atoms in total. The highest BCUT2D eigenvalue weighted by molar-refractivity contribution is 8.03. The SMILES string of the molecule is CCCC[n+]1c(C)cc(C=C2Sc3ccccc3N2CC)cc1C. The number of nitrogens with zero attached hydrogens (tertiary/aromatic N) is 2. The number of pyridine rings is 1. The number of unbranched alkanes of at least 4 members (excludes halogenated alkanes) is 1. The van der Waals surface area contributed by atoms with E-state index in [-0.39, 0.29) is 0 Å². The second-order valence-corrected chi connectivity index (χ2v) is 7.44. The van der Waals surface area contributed by atoms with Gasteiger partial charge in [0.1, 0.15) is 6.54 Å². The average molecular weight is 340 g/mol. The molecule has 3 heteroatoms. The van der Waals surface area contributed by atoms with Crippen molar-refractivity contribution in [3.05, 3.63) is 58.4 Å². The Morgan fingerprint density at radius 1 is 1.08 bits per heavy atom. The standard InChI is InChI=1S/C21H27N2S/c1-5-7-12-23-16(3)13-18(14-17(23)4)15-21-22(6-2)19-10-8-9-11-20(19)24-21/h8-11,13-15H,5-7,12H2,1-4H3/q+1. The highest BCUT2D eigenvalue weighted by Gasteiger charge is 2.23. The van der Waals surface area contributed by atoms with E-state index in [0.717, 1.165) is 13.1 Å². The van der Waals surface area contributed by atoms with Gasteiger partial charge >= 0.3 is 0 Å². The molecule has 0 atom stereocenters. The number of para-hydroxylation sites is 1. The summed E-state index contributed by atoms with van der Waals surface area (Å²) in [7, 11) is 0. The first-order valence-corrected chi connectivity index (χ1v) is 9.73. The van der Waals surface area contributed by atoms with Gasteiger partial charge in [-0.25, -0.2) is 4.57 Å². The van der Waals surface area contributed by atoms with Crippen molar-refractivity contribution in [1.29, 1.82) is 0 Å². The summed E-state index contributed by atoms with van der Waals surface area (Å²) in [4.78, 5) is 3.76. The predicted molar refractivity (Wildman–Crippen MR) is 104 cm³/mol. The Bertz CT molecular complexity index is 741. The zero-order chi connectivity index (χ0) is 17.1. The number of rotatable bonds is 5. The minimum absolute atomic E-state index is 0.997. The van der Waals surface area contributed by atoms with Gasteiger partial charge in [-0.15, -0.1) is 0 Å². The van der Waals surface area contributed by atoms with Crippen LogP contribution in [0, 0.1) is 13.8 Å². The first kappa shape index (κ1) is 17.1. The lowest BCUT2D eigenvalue weighted by atomic mass is 10.1. The van der Waals surface area contributed by atoms with Crippen molar-refractivity contribution >= 4 is 23.5 Å². The minimum Gasteiger partial charge on any atom is -0.335 e. The Morgan fingerprint density at radius 2 is 1.79 bits per heavy atom. The molecule has 1 aromatic heterocycles. The van der Waals surface area contributed by atoms with Crippen LogP contribution in [-0.4, -0.2) is 6.54 Å². The fraction of sp³-hybridized carbons (Fsp3) is 0.381. The van der Waals surface area contributed by atoms with Crippen LogP contribution in [0.3, 0.4) is 0 Å². The predicted octanol–water partition coefficient (Wildman–Crippen LogP) is 5.32. The van der Waals surface area contributed by atoms with E-state index in [4.69, 9.17) is 0 Å². The van der Waals surface area contributed by atoms with Crippen LogP contribution in [0.2, 0.25) is 0 Å². The van der Waals surface area contributed by atoms with Crippen LogP contribution in [0.4, 0.5) is 5.69 Å². The number of fused-ring (bicyclic) bond motifs is 1. The van der Waals surface area contributed by atoms with Gasteiger partial charge in [-0.05, 0) is 30.7 Å². The molecule has 126 valence electrons. The summed E-state index contributed by atoms with van der Waals surface area (Å²) in [6.07, 6.45) is 4.80. The summed E-state index contributed by atoms with van der Waals surface area (Å²) in [6, 6.07) is 13.3. The van der Waals surface area contributed by atoms with Crippen LogP contribution >= 0.6 is 11.8 Å². The van der Waals surface area contributed by atoms with E-state index in [9.17, 15) is 0 Å². The number of hydrogen-bond donors (Lipinski definition) is 0. The van der Waals surface area contributed by atoms with E-state index in [1.807, 2.05) is 11.8 Å². The van der Waals surface area contributed by atoms with Crippen molar-refractivity contribution in [2.45, 2.75) is 52.0 Å². The molecule has 2 aromatic rings. The summed E-state index contributed by atoms with van der Waals surface area (Å²) in [5.41, 5.74) is 5.32. The highest BCUT2D eigenvalue weighted by Crippen LogP contribution is 2.46. The van der Waals surface area contributed by atoms with Crippen molar-refractivity contribution in [3.63, 3.8) is 0 Å². The van der Waals surface area contributed by atoms with Crippen LogP contribution in [0.1, 0.15) is 43.6 Å².